The van der Waals surface area contributed by atoms with Crippen LogP contribution in [0.3, 0.4) is 0 Å². The highest BCUT2D eigenvalue weighted by Crippen LogP contribution is 2.43. The standard InChI is InChI=1S/C15H13ClOS3/c1-8-11(3-10(5-17)19-8)13-6-18-7-14(13)12-4-15(16)20-9(12)2/h3-5H,6-7H2,1-2H3. The fourth-order valence-electron chi connectivity index (χ4n) is 2.52. The van der Waals surface area contributed by atoms with Crippen LogP contribution in [0.4, 0.5) is 0 Å². The zero-order valence-corrected chi connectivity index (χ0v) is 14.4. The summed E-state index contributed by atoms with van der Waals surface area (Å²) in [5.41, 5.74) is 5.26. The molecule has 0 amide bonds. The van der Waals surface area contributed by atoms with Gasteiger partial charge >= 0.3 is 0 Å². The molecule has 0 fully saturated rings. The van der Waals surface area contributed by atoms with Crippen LogP contribution in [-0.4, -0.2) is 17.8 Å². The van der Waals surface area contributed by atoms with Crippen molar-refractivity contribution in [3.8, 4) is 0 Å². The van der Waals surface area contributed by atoms with E-state index in [0.29, 0.717) is 0 Å². The first-order valence-corrected chi connectivity index (χ1v) is 9.38. The molecule has 3 heterocycles. The van der Waals surface area contributed by atoms with Crippen LogP contribution in [0.25, 0.3) is 11.1 Å². The second kappa shape index (κ2) is 5.68. The van der Waals surface area contributed by atoms with Gasteiger partial charge in [0.1, 0.15) is 0 Å². The maximum absolute atomic E-state index is 11.0. The molecule has 0 radical (unpaired) electrons. The second-order valence-corrected chi connectivity index (χ2v) is 8.87. The third kappa shape index (κ3) is 2.50. The van der Waals surface area contributed by atoms with Gasteiger partial charge in [-0.2, -0.15) is 11.8 Å². The SMILES string of the molecule is Cc1sc(Cl)cc1C1=C(c2cc(C=O)sc2C)CSC1. The van der Waals surface area contributed by atoms with Crippen molar-refractivity contribution < 1.29 is 4.79 Å². The van der Waals surface area contributed by atoms with Gasteiger partial charge in [0, 0.05) is 21.3 Å². The van der Waals surface area contributed by atoms with Gasteiger partial charge in [-0.05, 0) is 48.3 Å². The molecule has 0 aromatic carbocycles. The topological polar surface area (TPSA) is 17.1 Å². The maximum atomic E-state index is 11.0. The first-order chi connectivity index (χ1) is 9.60. The molecule has 104 valence electrons. The van der Waals surface area contributed by atoms with Crippen molar-refractivity contribution in [2.24, 2.45) is 0 Å². The lowest BCUT2D eigenvalue weighted by molar-refractivity contribution is 0.112. The van der Waals surface area contributed by atoms with E-state index in [1.54, 1.807) is 22.7 Å². The van der Waals surface area contributed by atoms with E-state index in [0.717, 1.165) is 27.0 Å². The molecule has 1 aliphatic rings. The third-order valence-corrected chi connectivity index (χ3v) is 6.59. The minimum Gasteiger partial charge on any atom is -0.297 e. The Morgan fingerprint density at radius 2 is 1.65 bits per heavy atom. The third-order valence-electron chi connectivity index (χ3n) is 3.45. The van der Waals surface area contributed by atoms with Crippen LogP contribution in [0.15, 0.2) is 12.1 Å². The molecule has 2 aromatic heterocycles. The molecule has 0 atom stereocenters. The van der Waals surface area contributed by atoms with Gasteiger partial charge in [-0.25, -0.2) is 0 Å². The highest BCUT2D eigenvalue weighted by Gasteiger charge is 2.23. The van der Waals surface area contributed by atoms with Crippen molar-refractivity contribution in [1.82, 2.24) is 0 Å². The van der Waals surface area contributed by atoms with E-state index < -0.39 is 0 Å². The molecule has 0 N–H and O–H groups in total. The van der Waals surface area contributed by atoms with E-state index >= 15 is 0 Å². The van der Waals surface area contributed by atoms with Crippen LogP contribution in [0, 0.1) is 13.8 Å². The number of carbonyl (C=O) groups excluding carboxylic acids is 1. The Hall–Kier alpha value is -0.550. The number of thioether (sulfide) groups is 1. The summed E-state index contributed by atoms with van der Waals surface area (Å²) in [4.78, 5) is 14.3. The van der Waals surface area contributed by atoms with E-state index in [2.05, 4.69) is 19.9 Å². The monoisotopic (exact) mass is 340 g/mol. The molecule has 0 bridgehead atoms. The molecule has 1 aliphatic heterocycles. The van der Waals surface area contributed by atoms with Crippen LogP contribution >= 0.6 is 46.0 Å². The predicted octanol–water partition coefficient (Wildman–Crippen LogP) is 5.55. The lowest BCUT2D eigenvalue weighted by atomic mass is 9.98. The first-order valence-electron chi connectivity index (χ1n) is 6.22. The van der Waals surface area contributed by atoms with Crippen LogP contribution in [0.2, 0.25) is 4.34 Å². The zero-order valence-electron chi connectivity index (χ0n) is 11.2. The number of aryl methyl sites for hydroxylation is 2. The highest BCUT2D eigenvalue weighted by molar-refractivity contribution is 8.00. The van der Waals surface area contributed by atoms with Crippen molar-refractivity contribution in [1.29, 1.82) is 0 Å². The van der Waals surface area contributed by atoms with Crippen LogP contribution in [-0.2, 0) is 0 Å². The van der Waals surface area contributed by atoms with Crippen molar-refractivity contribution in [3.63, 3.8) is 0 Å². The highest BCUT2D eigenvalue weighted by atomic mass is 35.5. The number of hydrogen-bond donors (Lipinski definition) is 0. The Labute approximate surface area is 135 Å². The number of aldehydes is 1. The lowest BCUT2D eigenvalue weighted by Crippen LogP contribution is -1.90. The van der Waals surface area contributed by atoms with Gasteiger partial charge < -0.3 is 0 Å². The average molecular weight is 341 g/mol. The molecular weight excluding hydrogens is 328 g/mol. The van der Waals surface area contributed by atoms with Crippen LogP contribution < -0.4 is 0 Å². The average Bonchev–Trinajstić information content (AvgIpc) is 3.07. The summed E-state index contributed by atoms with van der Waals surface area (Å²) in [6, 6.07) is 4.10. The quantitative estimate of drug-likeness (QED) is 0.681. The molecule has 0 spiro atoms. The smallest absolute Gasteiger partial charge is 0.160 e. The number of carbonyl (C=O) groups is 1. The molecule has 0 saturated heterocycles. The number of thiophene rings is 2. The van der Waals surface area contributed by atoms with Crippen LogP contribution in [0.1, 0.15) is 30.6 Å². The Bertz CT molecular complexity index is 709. The molecule has 2 aromatic rings. The number of hydrogen-bond acceptors (Lipinski definition) is 4. The molecule has 0 saturated carbocycles. The zero-order chi connectivity index (χ0) is 14.3. The van der Waals surface area contributed by atoms with Crippen molar-refractivity contribution >= 4 is 63.5 Å². The van der Waals surface area contributed by atoms with Crippen molar-refractivity contribution in [2.75, 3.05) is 11.5 Å². The summed E-state index contributed by atoms with van der Waals surface area (Å²) in [6.45, 7) is 4.21. The van der Waals surface area contributed by atoms with Gasteiger partial charge in [-0.15, -0.1) is 22.7 Å². The summed E-state index contributed by atoms with van der Waals surface area (Å²) in [5, 5.41) is 0. The summed E-state index contributed by atoms with van der Waals surface area (Å²) < 4.78 is 0.844. The Morgan fingerprint density at radius 3 is 2.15 bits per heavy atom. The first kappa shape index (κ1) is 14.4. The number of rotatable bonds is 3. The van der Waals surface area contributed by atoms with Gasteiger partial charge in [0.05, 0.1) is 9.21 Å². The summed E-state index contributed by atoms with van der Waals surface area (Å²) in [6.07, 6.45) is 0.941. The van der Waals surface area contributed by atoms with E-state index in [1.165, 1.54) is 32.0 Å². The van der Waals surface area contributed by atoms with E-state index in [9.17, 15) is 4.79 Å². The molecular formula is C15H13ClOS3. The Kier molecular flexibility index (Phi) is 4.09. The summed E-state index contributed by atoms with van der Waals surface area (Å²) in [7, 11) is 0. The summed E-state index contributed by atoms with van der Waals surface area (Å²) in [5.74, 6) is 2.03. The van der Waals surface area contributed by atoms with Crippen molar-refractivity contribution in [3.05, 3.63) is 42.2 Å². The van der Waals surface area contributed by atoms with Gasteiger partial charge in [0.25, 0.3) is 0 Å². The number of halogens is 1. The molecule has 20 heavy (non-hydrogen) atoms. The fraction of sp³-hybridized carbons (Fsp3) is 0.267. The normalized spacial score (nSPS) is 15.2. The van der Waals surface area contributed by atoms with Crippen LogP contribution in [0.5, 0.6) is 0 Å². The second-order valence-electron chi connectivity index (χ2n) is 4.71. The van der Waals surface area contributed by atoms with E-state index in [1.807, 2.05) is 17.8 Å². The van der Waals surface area contributed by atoms with Gasteiger partial charge in [0.2, 0.25) is 0 Å². The molecule has 0 aliphatic carbocycles. The molecule has 1 nitrogen and oxygen atoms in total. The summed E-state index contributed by atoms with van der Waals surface area (Å²) >= 11 is 11.3. The van der Waals surface area contributed by atoms with Gasteiger partial charge in [-0.1, -0.05) is 11.6 Å². The maximum Gasteiger partial charge on any atom is 0.160 e. The van der Waals surface area contributed by atoms with Gasteiger partial charge in [0.15, 0.2) is 6.29 Å². The molecule has 3 rings (SSSR count). The predicted molar refractivity (Wildman–Crippen MR) is 92.6 cm³/mol. The lowest BCUT2D eigenvalue weighted by Gasteiger charge is -2.06. The van der Waals surface area contributed by atoms with E-state index in [4.69, 9.17) is 11.6 Å². The Morgan fingerprint density at radius 1 is 1.05 bits per heavy atom. The largest absolute Gasteiger partial charge is 0.297 e. The molecule has 5 heteroatoms. The van der Waals surface area contributed by atoms with Gasteiger partial charge in [-0.3, -0.25) is 4.79 Å². The van der Waals surface area contributed by atoms with E-state index in [-0.39, 0.29) is 0 Å². The molecule has 0 unspecified atom stereocenters. The fourth-order valence-corrected chi connectivity index (χ4v) is 5.78. The Balaban J connectivity index is 2.14. The minimum atomic E-state index is 0.807. The van der Waals surface area contributed by atoms with Crippen molar-refractivity contribution in [2.45, 2.75) is 13.8 Å². The minimum absolute atomic E-state index is 0.807.